The highest BCUT2D eigenvalue weighted by Crippen LogP contribution is 2.72. The van der Waals surface area contributed by atoms with Crippen molar-refractivity contribution in [3.8, 4) is 0 Å². The smallest absolute Gasteiger partial charge is 0.0812 e. The van der Waals surface area contributed by atoms with Gasteiger partial charge in [-0.15, -0.1) is 0 Å². The molecule has 2 nitrogen and oxygen atoms in total. The van der Waals surface area contributed by atoms with Crippen LogP contribution < -0.4 is 0 Å². The first-order valence-corrected chi connectivity index (χ1v) is 7.46. The van der Waals surface area contributed by atoms with Crippen LogP contribution in [0.1, 0.15) is 71.4 Å². The second kappa shape index (κ2) is 3.46. The van der Waals surface area contributed by atoms with Gasteiger partial charge in [-0.05, 0) is 35.2 Å². The number of aliphatic hydroxyl groups is 1. The fraction of sp³-hybridized carbons (Fsp3) is 0.765. The zero-order chi connectivity index (χ0) is 14.2. The Hall–Kier alpha value is -0.760. The predicted molar refractivity (Wildman–Crippen MR) is 78.1 cm³/mol. The molecule has 0 aromatic carbocycles. The summed E-state index contributed by atoms with van der Waals surface area (Å²) >= 11 is 0. The maximum absolute atomic E-state index is 10.4. The molecule has 1 fully saturated rings. The van der Waals surface area contributed by atoms with Crippen molar-refractivity contribution in [1.29, 1.82) is 0 Å². The molecule has 0 bridgehead atoms. The molecule has 3 rings (SSSR count). The summed E-state index contributed by atoms with van der Waals surface area (Å²) in [4.78, 5) is 0. The molecule has 1 aromatic heterocycles. The van der Waals surface area contributed by atoms with Crippen LogP contribution in [0.3, 0.4) is 0 Å². The van der Waals surface area contributed by atoms with E-state index in [9.17, 15) is 5.11 Å². The third-order valence-corrected chi connectivity index (χ3v) is 6.03. The molecular formula is C17H27NO. The number of hydrogen-bond acceptors (Lipinski definition) is 1. The Labute approximate surface area is 116 Å². The molecule has 1 atom stereocenters. The number of aliphatic hydroxyl groups excluding tert-OH is 1. The van der Waals surface area contributed by atoms with Gasteiger partial charge in [0.2, 0.25) is 0 Å². The van der Waals surface area contributed by atoms with E-state index >= 15 is 0 Å². The van der Waals surface area contributed by atoms with Crippen LogP contribution in [-0.2, 0) is 6.42 Å². The molecule has 19 heavy (non-hydrogen) atoms. The SMILES string of the molecule is CC1(C)Cc2c(ccn2C2C(C)(C)C2(C)C)C(O)C1. The number of fused-ring (bicyclic) bond motifs is 1. The van der Waals surface area contributed by atoms with E-state index in [1.165, 1.54) is 5.69 Å². The van der Waals surface area contributed by atoms with E-state index < -0.39 is 0 Å². The van der Waals surface area contributed by atoms with Crippen LogP contribution >= 0.6 is 0 Å². The molecule has 0 saturated heterocycles. The van der Waals surface area contributed by atoms with Crippen molar-refractivity contribution in [2.24, 2.45) is 16.2 Å². The van der Waals surface area contributed by atoms with Crippen molar-refractivity contribution in [3.63, 3.8) is 0 Å². The highest BCUT2D eigenvalue weighted by molar-refractivity contribution is 5.33. The summed E-state index contributed by atoms with van der Waals surface area (Å²) in [5.74, 6) is 0. The Morgan fingerprint density at radius 3 is 2.21 bits per heavy atom. The van der Waals surface area contributed by atoms with Gasteiger partial charge >= 0.3 is 0 Å². The molecule has 0 aliphatic heterocycles. The van der Waals surface area contributed by atoms with Gasteiger partial charge in [-0.25, -0.2) is 0 Å². The Kier molecular flexibility index (Phi) is 2.41. The van der Waals surface area contributed by atoms with E-state index in [4.69, 9.17) is 0 Å². The Bertz CT molecular complexity index is 507. The second-order valence-electron chi connectivity index (χ2n) is 8.53. The van der Waals surface area contributed by atoms with Crippen LogP contribution in [0.15, 0.2) is 12.3 Å². The molecule has 1 unspecified atom stereocenters. The van der Waals surface area contributed by atoms with E-state index in [0.717, 1.165) is 18.4 Å². The highest BCUT2D eigenvalue weighted by atomic mass is 16.3. The molecule has 2 aliphatic carbocycles. The number of hydrogen-bond donors (Lipinski definition) is 1. The van der Waals surface area contributed by atoms with E-state index in [1.54, 1.807) is 0 Å². The lowest BCUT2D eigenvalue weighted by Gasteiger charge is -2.34. The summed E-state index contributed by atoms with van der Waals surface area (Å²) in [6, 6.07) is 2.70. The molecule has 1 N–H and O–H groups in total. The highest BCUT2D eigenvalue weighted by Gasteiger charge is 2.66. The Balaban J connectivity index is 2.04. The van der Waals surface area contributed by atoms with Crippen molar-refractivity contribution in [1.82, 2.24) is 4.57 Å². The van der Waals surface area contributed by atoms with Crippen LogP contribution in [0.25, 0.3) is 0 Å². The predicted octanol–water partition coefficient (Wildman–Crippen LogP) is 4.10. The van der Waals surface area contributed by atoms with E-state index in [-0.39, 0.29) is 11.5 Å². The standard InChI is InChI=1S/C17H27NO/c1-15(2)9-12-11(13(19)10-15)7-8-18(12)14-16(3,4)17(14,5)6/h7-8,13-14,19H,9-10H2,1-6H3. The first-order chi connectivity index (χ1) is 8.58. The number of rotatable bonds is 1. The molecule has 1 aromatic rings. The molecule has 106 valence electrons. The van der Waals surface area contributed by atoms with Crippen LogP contribution in [0, 0.1) is 16.2 Å². The average molecular weight is 261 g/mol. The number of aromatic nitrogens is 1. The molecule has 0 radical (unpaired) electrons. The summed E-state index contributed by atoms with van der Waals surface area (Å²) in [7, 11) is 0. The van der Waals surface area contributed by atoms with Crippen LogP contribution in [-0.4, -0.2) is 9.67 Å². The van der Waals surface area contributed by atoms with E-state index in [2.05, 4.69) is 58.4 Å². The molecule has 0 amide bonds. The van der Waals surface area contributed by atoms with E-state index in [0.29, 0.717) is 16.9 Å². The van der Waals surface area contributed by atoms with Crippen molar-refractivity contribution in [3.05, 3.63) is 23.5 Å². The Morgan fingerprint density at radius 1 is 1.11 bits per heavy atom. The van der Waals surface area contributed by atoms with Gasteiger partial charge < -0.3 is 9.67 Å². The van der Waals surface area contributed by atoms with Crippen molar-refractivity contribution >= 4 is 0 Å². The minimum Gasteiger partial charge on any atom is -0.388 e. The lowest BCUT2D eigenvalue weighted by atomic mass is 9.75. The van der Waals surface area contributed by atoms with Gasteiger partial charge in [-0.1, -0.05) is 41.5 Å². The molecule has 0 spiro atoms. The molecule has 2 heteroatoms. The largest absolute Gasteiger partial charge is 0.388 e. The summed E-state index contributed by atoms with van der Waals surface area (Å²) < 4.78 is 2.46. The third-order valence-electron chi connectivity index (χ3n) is 6.03. The van der Waals surface area contributed by atoms with Gasteiger partial charge in [-0.3, -0.25) is 0 Å². The zero-order valence-electron chi connectivity index (χ0n) is 13.1. The quantitative estimate of drug-likeness (QED) is 0.809. The topological polar surface area (TPSA) is 25.2 Å². The van der Waals surface area contributed by atoms with Crippen LogP contribution in [0.2, 0.25) is 0 Å². The fourth-order valence-electron chi connectivity index (χ4n) is 4.25. The van der Waals surface area contributed by atoms with Crippen LogP contribution in [0.5, 0.6) is 0 Å². The van der Waals surface area contributed by atoms with Gasteiger partial charge in [0.05, 0.1) is 6.10 Å². The molecule has 1 saturated carbocycles. The monoisotopic (exact) mass is 261 g/mol. The van der Waals surface area contributed by atoms with Gasteiger partial charge in [0.25, 0.3) is 0 Å². The van der Waals surface area contributed by atoms with Gasteiger partial charge in [-0.2, -0.15) is 0 Å². The van der Waals surface area contributed by atoms with E-state index in [1.807, 2.05) is 0 Å². The van der Waals surface area contributed by atoms with Crippen molar-refractivity contribution < 1.29 is 5.11 Å². The van der Waals surface area contributed by atoms with Crippen molar-refractivity contribution in [2.75, 3.05) is 0 Å². The third kappa shape index (κ3) is 1.65. The first-order valence-electron chi connectivity index (χ1n) is 7.46. The van der Waals surface area contributed by atoms with Crippen LogP contribution in [0.4, 0.5) is 0 Å². The van der Waals surface area contributed by atoms with Gasteiger partial charge in [0, 0.05) is 23.5 Å². The zero-order valence-corrected chi connectivity index (χ0v) is 13.1. The summed E-state index contributed by atoms with van der Waals surface area (Å²) in [6.45, 7) is 13.9. The summed E-state index contributed by atoms with van der Waals surface area (Å²) in [5.41, 5.74) is 3.41. The maximum atomic E-state index is 10.4. The van der Waals surface area contributed by atoms with Gasteiger partial charge in [0.15, 0.2) is 0 Å². The normalized spacial score (nSPS) is 31.0. The molecule has 1 heterocycles. The van der Waals surface area contributed by atoms with Gasteiger partial charge in [0.1, 0.15) is 0 Å². The van der Waals surface area contributed by atoms with Crippen molar-refractivity contribution in [2.45, 2.75) is 66.5 Å². The average Bonchev–Trinajstić information content (AvgIpc) is 2.57. The summed E-state index contributed by atoms with van der Waals surface area (Å²) in [6.07, 6.45) is 3.87. The Morgan fingerprint density at radius 2 is 1.68 bits per heavy atom. The maximum Gasteiger partial charge on any atom is 0.0812 e. The lowest BCUT2D eigenvalue weighted by molar-refractivity contribution is 0.0977. The first kappa shape index (κ1) is 13.2. The second-order valence-corrected chi connectivity index (χ2v) is 8.53. The molecule has 2 aliphatic rings. The minimum absolute atomic E-state index is 0.200. The minimum atomic E-state index is -0.287. The molecular weight excluding hydrogens is 234 g/mol. The fourth-order valence-corrected chi connectivity index (χ4v) is 4.25. The summed E-state index contributed by atoms with van der Waals surface area (Å²) in [5, 5.41) is 10.4. The lowest BCUT2D eigenvalue weighted by Crippen LogP contribution is -2.27. The number of nitrogens with zero attached hydrogens (tertiary/aromatic N) is 1.